The first-order valence-electron chi connectivity index (χ1n) is 11.8. The second-order valence-corrected chi connectivity index (χ2v) is 8.79. The molecule has 2 aromatic carbocycles. The standard InChI is InChI=1S/C27H27N5O2/c28-18-22-17-21(6-9-24(22)31-27(33)20-2-1-3-20)25-10-11-29-26(30-25)16-19-4-7-23(8-5-19)32-12-14-34-15-13-32/h4-11,17,20H,1-3,12-16H2,(H,31,33). The number of benzene rings is 2. The normalized spacial score (nSPS) is 15.9. The number of rotatable bonds is 6. The second kappa shape index (κ2) is 10.0. The molecule has 3 aromatic rings. The molecule has 2 heterocycles. The van der Waals surface area contributed by atoms with Crippen LogP contribution in [-0.2, 0) is 16.0 Å². The number of hydrogen-bond donors (Lipinski definition) is 1. The lowest BCUT2D eigenvalue weighted by Gasteiger charge is -2.28. The van der Waals surface area contributed by atoms with Crippen LogP contribution in [0, 0.1) is 17.2 Å². The minimum absolute atomic E-state index is 0.000499. The average molecular weight is 454 g/mol. The molecule has 0 atom stereocenters. The first kappa shape index (κ1) is 22.1. The van der Waals surface area contributed by atoms with Gasteiger partial charge in [-0.15, -0.1) is 0 Å². The second-order valence-electron chi connectivity index (χ2n) is 8.79. The number of hydrogen-bond acceptors (Lipinski definition) is 6. The van der Waals surface area contributed by atoms with Crippen molar-refractivity contribution in [2.45, 2.75) is 25.7 Å². The van der Waals surface area contributed by atoms with Gasteiger partial charge in [0, 0.05) is 42.9 Å². The molecule has 7 nitrogen and oxygen atoms in total. The Morgan fingerprint density at radius 2 is 1.91 bits per heavy atom. The number of nitrogens with zero attached hydrogens (tertiary/aromatic N) is 4. The molecule has 1 saturated heterocycles. The van der Waals surface area contributed by atoms with Gasteiger partial charge in [0.15, 0.2) is 0 Å². The van der Waals surface area contributed by atoms with E-state index in [0.717, 1.165) is 68.2 Å². The van der Waals surface area contributed by atoms with E-state index in [-0.39, 0.29) is 11.8 Å². The molecule has 1 amide bonds. The maximum atomic E-state index is 12.3. The molecule has 34 heavy (non-hydrogen) atoms. The van der Waals surface area contributed by atoms with E-state index in [4.69, 9.17) is 9.72 Å². The molecule has 2 aliphatic rings. The van der Waals surface area contributed by atoms with Crippen molar-refractivity contribution >= 4 is 17.3 Å². The largest absolute Gasteiger partial charge is 0.378 e. The highest BCUT2D eigenvalue weighted by atomic mass is 16.5. The fourth-order valence-electron chi connectivity index (χ4n) is 4.28. The van der Waals surface area contributed by atoms with Crippen LogP contribution in [0.15, 0.2) is 54.7 Å². The van der Waals surface area contributed by atoms with Gasteiger partial charge in [-0.3, -0.25) is 4.79 Å². The summed E-state index contributed by atoms with van der Waals surface area (Å²) in [4.78, 5) is 23.8. The molecule has 1 N–H and O–H groups in total. The third-order valence-electron chi connectivity index (χ3n) is 6.55. The Morgan fingerprint density at radius 3 is 2.62 bits per heavy atom. The summed E-state index contributed by atoms with van der Waals surface area (Å²) in [7, 11) is 0. The summed E-state index contributed by atoms with van der Waals surface area (Å²) in [5.74, 6) is 0.788. The van der Waals surface area contributed by atoms with Gasteiger partial charge in [-0.2, -0.15) is 5.26 Å². The molecule has 172 valence electrons. The van der Waals surface area contributed by atoms with Crippen LogP contribution >= 0.6 is 0 Å². The zero-order valence-corrected chi connectivity index (χ0v) is 19.0. The smallest absolute Gasteiger partial charge is 0.227 e. The lowest BCUT2D eigenvalue weighted by Crippen LogP contribution is -2.36. The summed E-state index contributed by atoms with van der Waals surface area (Å²) in [5.41, 5.74) is 4.91. The van der Waals surface area contributed by atoms with E-state index in [1.54, 1.807) is 18.3 Å². The summed E-state index contributed by atoms with van der Waals surface area (Å²) in [5, 5.41) is 12.5. The van der Waals surface area contributed by atoms with E-state index in [1.807, 2.05) is 12.1 Å². The molecule has 2 fully saturated rings. The van der Waals surface area contributed by atoms with Crippen LogP contribution < -0.4 is 10.2 Å². The van der Waals surface area contributed by atoms with Gasteiger partial charge < -0.3 is 15.0 Å². The highest BCUT2D eigenvalue weighted by Gasteiger charge is 2.25. The molecule has 5 rings (SSSR count). The monoisotopic (exact) mass is 453 g/mol. The summed E-state index contributed by atoms with van der Waals surface area (Å²) < 4.78 is 5.43. The average Bonchev–Trinajstić information content (AvgIpc) is 2.84. The molecular formula is C27H27N5O2. The Labute approximate surface area is 199 Å². The quantitative estimate of drug-likeness (QED) is 0.602. The van der Waals surface area contributed by atoms with Crippen LogP contribution in [-0.4, -0.2) is 42.2 Å². The highest BCUT2D eigenvalue weighted by molar-refractivity contribution is 5.94. The number of nitrogens with one attached hydrogen (secondary N) is 1. The molecule has 1 saturated carbocycles. The fraction of sp³-hybridized carbons (Fsp3) is 0.333. The first-order chi connectivity index (χ1) is 16.7. The maximum absolute atomic E-state index is 12.3. The Kier molecular flexibility index (Phi) is 6.50. The SMILES string of the molecule is N#Cc1cc(-c2ccnc(Cc3ccc(N4CCOCC4)cc3)n2)ccc1NC(=O)C1CCC1. The van der Waals surface area contributed by atoms with Crippen molar-refractivity contribution in [2.75, 3.05) is 36.5 Å². The fourth-order valence-corrected chi connectivity index (χ4v) is 4.28. The van der Waals surface area contributed by atoms with Gasteiger partial charge in [-0.25, -0.2) is 9.97 Å². The zero-order chi connectivity index (χ0) is 23.3. The predicted molar refractivity (Wildman–Crippen MR) is 130 cm³/mol. The topological polar surface area (TPSA) is 91.1 Å². The van der Waals surface area contributed by atoms with Gasteiger partial charge in [-0.1, -0.05) is 24.6 Å². The van der Waals surface area contributed by atoms with Gasteiger partial charge in [0.05, 0.1) is 30.2 Å². The van der Waals surface area contributed by atoms with Crippen molar-refractivity contribution in [1.29, 1.82) is 5.26 Å². The van der Waals surface area contributed by atoms with E-state index >= 15 is 0 Å². The van der Waals surface area contributed by atoms with Crippen molar-refractivity contribution < 1.29 is 9.53 Å². The number of anilines is 2. The van der Waals surface area contributed by atoms with Gasteiger partial charge in [0.2, 0.25) is 5.91 Å². The van der Waals surface area contributed by atoms with Crippen LogP contribution in [0.5, 0.6) is 0 Å². The number of nitriles is 1. The third kappa shape index (κ3) is 4.92. The molecule has 0 bridgehead atoms. The lowest BCUT2D eigenvalue weighted by atomic mass is 9.85. The van der Waals surface area contributed by atoms with Crippen molar-refractivity contribution in [1.82, 2.24) is 9.97 Å². The Bertz CT molecular complexity index is 1210. The Morgan fingerprint density at radius 1 is 1.12 bits per heavy atom. The number of carbonyl (C=O) groups excluding carboxylic acids is 1. The van der Waals surface area contributed by atoms with Crippen LogP contribution in [0.2, 0.25) is 0 Å². The number of carbonyl (C=O) groups is 1. The first-order valence-corrected chi connectivity index (χ1v) is 11.8. The summed E-state index contributed by atoms with van der Waals surface area (Å²) in [6, 6.07) is 18.0. The summed E-state index contributed by atoms with van der Waals surface area (Å²) in [6.07, 6.45) is 5.31. The van der Waals surface area contributed by atoms with E-state index in [2.05, 4.69) is 45.5 Å². The van der Waals surface area contributed by atoms with Crippen molar-refractivity contribution in [3.05, 3.63) is 71.7 Å². The third-order valence-corrected chi connectivity index (χ3v) is 6.55. The molecule has 0 unspecified atom stereocenters. The van der Waals surface area contributed by atoms with Crippen molar-refractivity contribution in [2.24, 2.45) is 5.92 Å². The van der Waals surface area contributed by atoms with Gasteiger partial charge in [-0.05, 0) is 48.7 Å². The molecular weight excluding hydrogens is 426 g/mol. The minimum Gasteiger partial charge on any atom is -0.378 e. The predicted octanol–water partition coefficient (Wildman–Crippen LogP) is 4.18. The molecule has 1 aromatic heterocycles. The van der Waals surface area contributed by atoms with Gasteiger partial charge >= 0.3 is 0 Å². The molecule has 7 heteroatoms. The lowest BCUT2D eigenvalue weighted by molar-refractivity contribution is -0.122. The molecule has 0 spiro atoms. The van der Waals surface area contributed by atoms with Crippen LogP contribution in [0.1, 0.15) is 36.2 Å². The van der Waals surface area contributed by atoms with Gasteiger partial charge in [0.1, 0.15) is 11.9 Å². The Balaban J connectivity index is 1.29. The van der Waals surface area contributed by atoms with E-state index in [9.17, 15) is 10.1 Å². The maximum Gasteiger partial charge on any atom is 0.227 e. The van der Waals surface area contributed by atoms with Crippen LogP contribution in [0.3, 0.4) is 0 Å². The molecule has 1 aliphatic heterocycles. The Hall–Kier alpha value is -3.76. The van der Waals surface area contributed by atoms with Crippen molar-refractivity contribution in [3.8, 4) is 17.3 Å². The number of aromatic nitrogens is 2. The van der Waals surface area contributed by atoms with E-state index in [0.29, 0.717) is 17.7 Å². The summed E-state index contributed by atoms with van der Waals surface area (Å²) >= 11 is 0. The number of ether oxygens (including phenoxy) is 1. The zero-order valence-electron chi connectivity index (χ0n) is 19.0. The van der Waals surface area contributed by atoms with Crippen LogP contribution in [0.4, 0.5) is 11.4 Å². The van der Waals surface area contributed by atoms with Crippen LogP contribution in [0.25, 0.3) is 11.3 Å². The van der Waals surface area contributed by atoms with E-state index in [1.165, 1.54) is 5.69 Å². The number of morpholine rings is 1. The van der Waals surface area contributed by atoms with Crippen molar-refractivity contribution in [3.63, 3.8) is 0 Å². The molecule has 1 aliphatic carbocycles. The van der Waals surface area contributed by atoms with Gasteiger partial charge in [0.25, 0.3) is 0 Å². The summed E-state index contributed by atoms with van der Waals surface area (Å²) in [6.45, 7) is 3.37. The number of amides is 1. The van der Waals surface area contributed by atoms with E-state index < -0.39 is 0 Å². The minimum atomic E-state index is -0.000499. The molecule has 0 radical (unpaired) electrons. The highest BCUT2D eigenvalue weighted by Crippen LogP contribution is 2.29.